The van der Waals surface area contributed by atoms with Crippen molar-refractivity contribution in [3.8, 4) is 5.75 Å². The first-order chi connectivity index (χ1) is 9.52. The Labute approximate surface area is 125 Å². The van der Waals surface area contributed by atoms with Crippen molar-refractivity contribution in [1.29, 1.82) is 0 Å². The Balaban J connectivity index is 2.30. The lowest BCUT2D eigenvalue weighted by Gasteiger charge is -2.14. The molecule has 1 aromatic rings. The summed E-state index contributed by atoms with van der Waals surface area (Å²) >= 11 is 6.06. The van der Waals surface area contributed by atoms with Gasteiger partial charge in [-0.05, 0) is 12.1 Å². The van der Waals surface area contributed by atoms with E-state index in [1.807, 2.05) is 12.1 Å². The van der Waals surface area contributed by atoms with Gasteiger partial charge in [0.1, 0.15) is 10.1 Å². The van der Waals surface area contributed by atoms with E-state index in [0.29, 0.717) is 10.7 Å². The molecule has 0 spiro atoms. The molecule has 2 rings (SSSR count). The summed E-state index contributed by atoms with van der Waals surface area (Å²) in [6.07, 6.45) is 1.63. The van der Waals surface area contributed by atoms with Crippen molar-refractivity contribution in [1.82, 2.24) is 4.90 Å². The molecule has 0 unspecified atom stereocenters. The lowest BCUT2D eigenvalue weighted by atomic mass is 10.2. The van der Waals surface area contributed by atoms with Crippen molar-refractivity contribution < 1.29 is 19.4 Å². The molecule has 5 nitrogen and oxygen atoms in total. The SMILES string of the molecule is COc1ccccc1/C=C1\SC(=S)N(CC(=O)[O-])C1=O. The molecular formula is C13H10NO4S2-. The quantitative estimate of drug-likeness (QED) is 0.601. The average Bonchev–Trinajstić information content (AvgIpc) is 2.67. The van der Waals surface area contributed by atoms with Gasteiger partial charge in [-0.3, -0.25) is 9.69 Å². The molecule has 0 atom stereocenters. The highest BCUT2D eigenvalue weighted by Crippen LogP contribution is 2.33. The number of benzene rings is 1. The summed E-state index contributed by atoms with van der Waals surface area (Å²) in [5.74, 6) is -1.16. The van der Waals surface area contributed by atoms with Gasteiger partial charge in [0.2, 0.25) is 0 Å². The molecule has 0 bridgehead atoms. The van der Waals surface area contributed by atoms with Crippen LogP contribution in [0.15, 0.2) is 29.2 Å². The van der Waals surface area contributed by atoms with Gasteiger partial charge in [-0.2, -0.15) is 0 Å². The Morgan fingerprint density at radius 3 is 2.85 bits per heavy atom. The van der Waals surface area contributed by atoms with Gasteiger partial charge in [-0.1, -0.05) is 42.2 Å². The maximum atomic E-state index is 12.1. The molecule has 1 aromatic carbocycles. The zero-order valence-corrected chi connectivity index (χ0v) is 12.1. The summed E-state index contributed by atoms with van der Waals surface area (Å²) in [6.45, 7) is -0.534. The fourth-order valence-electron chi connectivity index (χ4n) is 1.69. The van der Waals surface area contributed by atoms with Crippen LogP contribution in [0.1, 0.15) is 5.56 Å². The van der Waals surface area contributed by atoms with Crippen molar-refractivity contribution in [2.45, 2.75) is 0 Å². The molecule has 1 saturated heterocycles. The van der Waals surface area contributed by atoms with Crippen molar-refractivity contribution in [3.63, 3.8) is 0 Å². The van der Waals surface area contributed by atoms with E-state index in [0.717, 1.165) is 22.2 Å². The van der Waals surface area contributed by atoms with Crippen molar-refractivity contribution in [3.05, 3.63) is 34.7 Å². The number of thiocarbonyl (C=S) groups is 1. The molecule has 1 aliphatic rings. The highest BCUT2D eigenvalue weighted by molar-refractivity contribution is 8.26. The molecule has 1 heterocycles. The Morgan fingerprint density at radius 1 is 1.50 bits per heavy atom. The average molecular weight is 308 g/mol. The van der Waals surface area contributed by atoms with Crippen LogP contribution in [0, 0.1) is 0 Å². The third-order valence-electron chi connectivity index (χ3n) is 2.59. The van der Waals surface area contributed by atoms with Crippen molar-refractivity contribution in [2.75, 3.05) is 13.7 Å². The fourth-order valence-corrected chi connectivity index (χ4v) is 2.94. The third-order valence-corrected chi connectivity index (χ3v) is 3.96. The predicted molar refractivity (Wildman–Crippen MR) is 77.9 cm³/mol. The Kier molecular flexibility index (Phi) is 4.41. The molecule has 20 heavy (non-hydrogen) atoms. The molecule has 0 aromatic heterocycles. The van der Waals surface area contributed by atoms with Gasteiger partial charge >= 0.3 is 0 Å². The number of nitrogens with zero attached hydrogens (tertiary/aromatic N) is 1. The summed E-state index contributed by atoms with van der Waals surface area (Å²) in [5, 5.41) is 10.6. The summed E-state index contributed by atoms with van der Waals surface area (Å²) in [4.78, 5) is 24.0. The first kappa shape index (κ1) is 14.5. The monoisotopic (exact) mass is 308 g/mol. The van der Waals surface area contributed by atoms with E-state index in [1.54, 1.807) is 18.2 Å². The maximum Gasteiger partial charge on any atom is 0.266 e. The molecule has 7 heteroatoms. The highest BCUT2D eigenvalue weighted by Gasteiger charge is 2.32. The largest absolute Gasteiger partial charge is 0.548 e. The van der Waals surface area contributed by atoms with Crippen LogP contribution in [0.3, 0.4) is 0 Å². The van der Waals surface area contributed by atoms with Crippen LogP contribution in [-0.4, -0.2) is 34.8 Å². The van der Waals surface area contributed by atoms with Crippen molar-refractivity contribution in [2.24, 2.45) is 0 Å². The minimum absolute atomic E-state index is 0.209. The maximum absolute atomic E-state index is 12.1. The van der Waals surface area contributed by atoms with Crippen LogP contribution >= 0.6 is 24.0 Å². The van der Waals surface area contributed by atoms with E-state index in [1.165, 1.54) is 7.11 Å². The van der Waals surface area contributed by atoms with Gasteiger partial charge in [0.05, 0.1) is 24.5 Å². The topological polar surface area (TPSA) is 69.7 Å². The van der Waals surface area contributed by atoms with Crippen LogP contribution in [-0.2, 0) is 9.59 Å². The molecule has 0 radical (unpaired) electrons. The van der Waals surface area contributed by atoms with Gasteiger partial charge in [-0.25, -0.2) is 0 Å². The zero-order chi connectivity index (χ0) is 14.7. The standard InChI is InChI=1S/C13H11NO4S2/c1-18-9-5-3-2-4-8(9)6-10-12(17)14(7-11(15)16)13(19)20-10/h2-6H,7H2,1H3,(H,15,16)/p-1/b10-6-. The number of carboxylic acids is 1. The second-order valence-corrected chi connectivity index (χ2v) is 5.56. The lowest BCUT2D eigenvalue weighted by molar-refractivity contribution is -0.305. The first-order valence-corrected chi connectivity index (χ1v) is 6.83. The Bertz CT molecular complexity index is 612. The third kappa shape index (κ3) is 3.00. The first-order valence-electron chi connectivity index (χ1n) is 5.61. The number of ether oxygens (including phenoxy) is 1. The normalized spacial score (nSPS) is 16.9. The van der Waals surface area contributed by atoms with Crippen LogP contribution in [0.5, 0.6) is 5.75 Å². The molecule has 1 amide bonds. The van der Waals surface area contributed by atoms with Crippen LogP contribution in [0.2, 0.25) is 0 Å². The minimum Gasteiger partial charge on any atom is -0.548 e. The minimum atomic E-state index is -1.35. The number of thioether (sulfide) groups is 1. The molecular weight excluding hydrogens is 298 g/mol. The second-order valence-electron chi connectivity index (χ2n) is 3.88. The van der Waals surface area contributed by atoms with E-state index in [9.17, 15) is 14.7 Å². The number of rotatable bonds is 4. The molecule has 0 saturated carbocycles. The number of hydrogen-bond donors (Lipinski definition) is 0. The number of aliphatic carboxylic acids is 1. The van der Waals surface area contributed by atoms with E-state index < -0.39 is 18.4 Å². The van der Waals surface area contributed by atoms with E-state index >= 15 is 0 Å². The summed E-state index contributed by atoms with van der Waals surface area (Å²) in [5.41, 5.74) is 0.726. The van der Waals surface area contributed by atoms with Gasteiger partial charge in [0.15, 0.2) is 0 Å². The van der Waals surface area contributed by atoms with Crippen LogP contribution in [0.4, 0.5) is 0 Å². The fraction of sp³-hybridized carbons (Fsp3) is 0.154. The number of carbonyl (C=O) groups is 2. The number of hydrogen-bond acceptors (Lipinski definition) is 6. The smallest absolute Gasteiger partial charge is 0.266 e. The van der Waals surface area contributed by atoms with Crippen LogP contribution in [0.25, 0.3) is 6.08 Å². The molecule has 104 valence electrons. The number of amides is 1. The number of carbonyl (C=O) groups excluding carboxylic acids is 2. The number of methoxy groups -OCH3 is 1. The van der Waals surface area contributed by atoms with E-state index in [-0.39, 0.29) is 4.32 Å². The predicted octanol–water partition coefficient (Wildman–Crippen LogP) is 0.646. The van der Waals surface area contributed by atoms with E-state index in [4.69, 9.17) is 17.0 Å². The van der Waals surface area contributed by atoms with E-state index in [2.05, 4.69) is 0 Å². The van der Waals surface area contributed by atoms with Gasteiger partial charge < -0.3 is 14.6 Å². The number of carboxylic acid groups (broad SMARTS) is 1. The van der Waals surface area contributed by atoms with Gasteiger partial charge in [-0.15, -0.1) is 0 Å². The molecule has 1 aliphatic heterocycles. The molecule has 0 N–H and O–H groups in total. The number of para-hydroxylation sites is 1. The zero-order valence-electron chi connectivity index (χ0n) is 10.5. The molecule has 1 fully saturated rings. The summed E-state index contributed by atoms with van der Waals surface area (Å²) in [6, 6.07) is 7.20. The van der Waals surface area contributed by atoms with Crippen molar-refractivity contribution >= 4 is 46.3 Å². The molecule has 0 aliphatic carbocycles. The second kappa shape index (κ2) is 6.06. The highest BCUT2D eigenvalue weighted by atomic mass is 32.2. The van der Waals surface area contributed by atoms with Crippen LogP contribution < -0.4 is 9.84 Å². The van der Waals surface area contributed by atoms with Gasteiger partial charge in [0, 0.05) is 5.56 Å². The van der Waals surface area contributed by atoms with Gasteiger partial charge in [0.25, 0.3) is 5.91 Å². The lowest BCUT2D eigenvalue weighted by Crippen LogP contribution is -2.40. The Hall–Kier alpha value is -1.86. The summed E-state index contributed by atoms with van der Waals surface area (Å²) < 4.78 is 5.40. The Morgan fingerprint density at radius 2 is 2.20 bits per heavy atom. The summed E-state index contributed by atoms with van der Waals surface area (Å²) in [7, 11) is 1.54.